The molecule has 0 aromatic heterocycles. The second-order valence-corrected chi connectivity index (χ2v) is 8.41. The quantitative estimate of drug-likeness (QED) is 0.840. The molecule has 1 heterocycles. The van der Waals surface area contributed by atoms with Crippen LogP contribution in [0.3, 0.4) is 0 Å². The van der Waals surface area contributed by atoms with Crippen LogP contribution in [0.1, 0.15) is 18.4 Å². The van der Waals surface area contributed by atoms with E-state index in [0.717, 1.165) is 11.8 Å². The summed E-state index contributed by atoms with van der Waals surface area (Å²) >= 11 is 5.82. The fourth-order valence-corrected chi connectivity index (χ4v) is 4.21. The molecular formula is C15H21ClN2O3S. The maximum Gasteiger partial charge on any atom is 0.241 e. The number of sulfone groups is 1. The Labute approximate surface area is 136 Å². The Balaban J connectivity index is 1.98. The lowest BCUT2D eigenvalue weighted by atomic mass is 9.95. The molecule has 0 bridgehead atoms. The second kappa shape index (κ2) is 6.98. The van der Waals surface area contributed by atoms with E-state index in [2.05, 4.69) is 10.6 Å². The molecule has 1 aromatic carbocycles. The van der Waals surface area contributed by atoms with E-state index in [-0.39, 0.29) is 5.91 Å². The van der Waals surface area contributed by atoms with Crippen molar-refractivity contribution in [2.45, 2.75) is 24.0 Å². The molecule has 122 valence electrons. The van der Waals surface area contributed by atoms with Crippen LogP contribution >= 0.6 is 11.6 Å². The van der Waals surface area contributed by atoms with Crippen LogP contribution in [0.25, 0.3) is 0 Å². The van der Waals surface area contributed by atoms with E-state index >= 15 is 0 Å². The van der Waals surface area contributed by atoms with Crippen molar-refractivity contribution in [3.05, 3.63) is 34.9 Å². The predicted molar refractivity (Wildman–Crippen MR) is 87.8 cm³/mol. The Hall–Kier alpha value is -1.11. The zero-order valence-corrected chi connectivity index (χ0v) is 14.1. The molecule has 1 aromatic rings. The average molecular weight is 345 g/mol. The van der Waals surface area contributed by atoms with E-state index in [4.69, 9.17) is 11.6 Å². The van der Waals surface area contributed by atoms with Crippen molar-refractivity contribution in [2.75, 3.05) is 25.9 Å². The summed E-state index contributed by atoms with van der Waals surface area (Å²) in [6.45, 7) is 1.49. The molecule has 0 radical (unpaired) electrons. The van der Waals surface area contributed by atoms with E-state index < -0.39 is 14.6 Å². The van der Waals surface area contributed by atoms with Crippen molar-refractivity contribution in [3.63, 3.8) is 0 Å². The van der Waals surface area contributed by atoms with Crippen LogP contribution in [0.4, 0.5) is 0 Å². The summed E-state index contributed by atoms with van der Waals surface area (Å²) in [5.41, 5.74) is 1.04. The summed E-state index contributed by atoms with van der Waals surface area (Å²) in [5.74, 6) is -0.384. The number of carbonyl (C=O) groups excluding carboxylic acids is 1. The third kappa shape index (κ3) is 3.80. The summed E-state index contributed by atoms with van der Waals surface area (Å²) in [6.07, 6.45) is 2.43. The highest BCUT2D eigenvalue weighted by Crippen LogP contribution is 2.27. The van der Waals surface area contributed by atoms with E-state index in [1.807, 2.05) is 12.1 Å². The first-order valence-corrected chi connectivity index (χ1v) is 9.55. The zero-order chi connectivity index (χ0) is 16.2. The lowest BCUT2D eigenvalue weighted by molar-refractivity contribution is -0.124. The van der Waals surface area contributed by atoms with Crippen LogP contribution in [0, 0.1) is 0 Å². The van der Waals surface area contributed by atoms with Gasteiger partial charge in [-0.25, -0.2) is 8.42 Å². The molecule has 5 nitrogen and oxygen atoms in total. The maximum atomic E-state index is 12.5. The molecule has 1 amide bonds. The SMILES string of the molecule is CS(=O)(=O)C1(C(=O)NCCc2ccc(Cl)cc2)CCNCC1. The number of benzene rings is 1. The molecule has 2 N–H and O–H groups in total. The van der Waals surface area contributed by atoms with Crippen LogP contribution in [0.15, 0.2) is 24.3 Å². The number of halogens is 1. The Kier molecular flexibility index (Phi) is 5.47. The van der Waals surface area contributed by atoms with Crippen molar-refractivity contribution in [1.82, 2.24) is 10.6 Å². The Morgan fingerprint density at radius 2 is 1.86 bits per heavy atom. The molecule has 1 fully saturated rings. The molecule has 2 rings (SSSR count). The molecule has 1 aliphatic heterocycles. The third-order valence-electron chi connectivity index (χ3n) is 4.15. The molecule has 0 saturated carbocycles. The summed E-state index contributed by atoms with van der Waals surface area (Å²) in [6, 6.07) is 7.38. The number of piperidine rings is 1. The minimum absolute atomic E-state index is 0.318. The van der Waals surface area contributed by atoms with Gasteiger partial charge >= 0.3 is 0 Å². The topological polar surface area (TPSA) is 75.3 Å². The summed E-state index contributed by atoms with van der Waals surface area (Å²) in [5, 5.41) is 6.55. The molecule has 1 saturated heterocycles. The average Bonchev–Trinajstić information content (AvgIpc) is 2.49. The highest BCUT2D eigenvalue weighted by Gasteiger charge is 2.48. The van der Waals surface area contributed by atoms with Crippen LogP contribution in [-0.4, -0.2) is 45.0 Å². The second-order valence-electron chi connectivity index (χ2n) is 5.65. The fourth-order valence-electron chi connectivity index (χ4n) is 2.73. The summed E-state index contributed by atoms with van der Waals surface area (Å²) in [7, 11) is -3.46. The Morgan fingerprint density at radius 3 is 2.41 bits per heavy atom. The van der Waals surface area contributed by atoms with E-state index in [0.29, 0.717) is 43.9 Å². The van der Waals surface area contributed by atoms with Crippen molar-refractivity contribution in [3.8, 4) is 0 Å². The van der Waals surface area contributed by atoms with Crippen molar-refractivity contribution in [2.24, 2.45) is 0 Å². The lowest BCUT2D eigenvalue weighted by Crippen LogP contribution is -2.57. The highest BCUT2D eigenvalue weighted by atomic mass is 35.5. The summed E-state index contributed by atoms with van der Waals surface area (Å²) < 4.78 is 22.9. The van der Waals surface area contributed by atoms with Gasteiger partial charge in [-0.3, -0.25) is 4.79 Å². The molecule has 0 unspecified atom stereocenters. The number of rotatable bonds is 5. The van der Waals surface area contributed by atoms with Gasteiger partial charge in [0.15, 0.2) is 14.6 Å². The molecular weight excluding hydrogens is 324 g/mol. The van der Waals surface area contributed by atoms with Gasteiger partial charge in [-0.05, 0) is 50.0 Å². The molecule has 0 atom stereocenters. The number of hydrogen-bond acceptors (Lipinski definition) is 4. The van der Waals surface area contributed by atoms with Crippen molar-refractivity contribution >= 4 is 27.3 Å². The van der Waals surface area contributed by atoms with Gasteiger partial charge in [-0.2, -0.15) is 0 Å². The Bertz CT molecular complexity index is 623. The fraction of sp³-hybridized carbons (Fsp3) is 0.533. The van der Waals surface area contributed by atoms with Crippen LogP contribution in [0.2, 0.25) is 5.02 Å². The van der Waals surface area contributed by atoms with Crippen LogP contribution in [0.5, 0.6) is 0 Å². The number of nitrogens with one attached hydrogen (secondary N) is 2. The van der Waals surface area contributed by atoms with Crippen LogP contribution < -0.4 is 10.6 Å². The van der Waals surface area contributed by atoms with Gasteiger partial charge in [-0.15, -0.1) is 0 Å². The van der Waals surface area contributed by atoms with E-state index in [1.165, 1.54) is 0 Å². The first-order valence-electron chi connectivity index (χ1n) is 7.28. The molecule has 0 spiro atoms. The predicted octanol–water partition coefficient (Wildman–Crippen LogP) is 1.17. The van der Waals surface area contributed by atoms with Crippen LogP contribution in [-0.2, 0) is 21.1 Å². The van der Waals surface area contributed by atoms with Gasteiger partial charge in [0.1, 0.15) is 0 Å². The molecule has 22 heavy (non-hydrogen) atoms. The first-order chi connectivity index (χ1) is 10.3. The number of amides is 1. The van der Waals surface area contributed by atoms with Gasteiger partial charge in [-0.1, -0.05) is 23.7 Å². The normalized spacial score (nSPS) is 17.9. The van der Waals surface area contributed by atoms with Gasteiger partial charge in [0.2, 0.25) is 5.91 Å². The Morgan fingerprint density at radius 1 is 1.27 bits per heavy atom. The smallest absolute Gasteiger partial charge is 0.241 e. The standard InChI is InChI=1S/C15H21ClN2O3S/c1-22(20,21)15(7-10-17-11-8-15)14(19)18-9-6-12-2-4-13(16)5-3-12/h2-5,17H,6-11H2,1H3,(H,18,19). The van der Waals surface area contributed by atoms with Gasteiger partial charge in [0.25, 0.3) is 0 Å². The number of carbonyl (C=O) groups is 1. The molecule has 1 aliphatic rings. The van der Waals surface area contributed by atoms with Crippen molar-refractivity contribution < 1.29 is 13.2 Å². The number of hydrogen-bond donors (Lipinski definition) is 2. The maximum absolute atomic E-state index is 12.5. The monoisotopic (exact) mass is 344 g/mol. The minimum atomic E-state index is -3.46. The minimum Gasteiger partial charge on any atom is -0.354 e. The molecule has 7 heteroatoms. The van der Waals surface area contributed by atoms with Gasteiger partial charge in [0.05, 0.1) is 0 Å². The lowest BCUT2D eigenvalue weighted by Gasteiger charge is -2.34. The zero-order valence-electron chi connectivity index (χ0n) is 12.6. The van der Waals surface area contributed by atoms with Gasteiger partial charge in [0, 0.05) is 17.8 Å². The largest absolute Gasteiger partial charge is 0.354 e. The third-order valence-corrected chi connectivity index (χ3v) is 6.41. The van der Waals surface area contributed by atoms with E-state index in [1.54, 1.807) is 12.1 Å². The van der Waals surface area contributed by atoms with Gasteiger partial charge < -0.3 is 10.6 Å². The first kappa shape index (κ1) is 17.2. The van der Waals surface area contributed by atoms with Crippen molar-refractivity contribution in [1.29, 1.82) is 0 Å². The highest BCUT2D eigenvalue weighted by molar-refractivity contribution is 7.92. The molecule has 0 aliphatic carbocycles. The summed E-state index contributed by atoms with van der Waals surface area (Å²) in [4.78, 5) is 12.5. The van der Waals surface area contributed by atoms with E-state index in [9.17, 15) is 13.2 Å².